The number of carbonyl (C=O) groups is 1. The van der Waals surface area contributed by atoms with Gasteiger partial charge in [0.15, 0.2) is 0 Å². The predicted molar refractivity (Wildman–Crippen MR) is 91.2 cm³/mol. The Kier molecular flexibility index (Phi) is 6.61. The van der Waals surface area contributed by atoms with Crippen molar-refractivity contribution in [3.8, 4) is 11.5 Å². The smallest absolute Gasteiger partial charge is 0.251 e. The van der Waals surface area contributed by atoms with E-state index in [4.69, 9.17) is 9.47 Å². The van der Waals surface area contributed by atoms with Crippen LogP contribution in [0.2, 0.25) is 0 Å². The van der Waals surface area contributed by atoms with Crippen LogP contribution in [-0.2, 0) is 0 Å². The van der Waals surface area contributed by atoms with Crippen molar-refractivity contribution in [2.45, 2.75) is 19.8 Å². The molecule has 0 spiro atoms. The summed E-state index contributed by atoms with van der Waals surface area (Å²) in [4.78, 5) is 12.1. The molecule has 0 fully saturated rings. The van der Waals surface area contributed by atoms with E-state index >= 15 is 0 Å². The Bertz CT molecular complexity index is 671. The number of nitrogens with one attached hydrogen (secondary N) is 1. The zero-order valence-electron chi connectivity index (χ0n) is 14.0. The Morgan fingerprint density at radius 1 is 1.12 bits per heavy atom. The molecule has 0 aromatic heterocycles. The summed E-state index contributed by atoms with van der Waals surface area (Å²) in [6.07, 6.45) is 1.60. The Labute approximate surface area is 141 Å². The summed E-state index contributed by atoms with van der Waals surface area (Å²) in [5, 5.41) is 2.88. The number of halogens is 1. The number of hydrogen-bond donors (Lipinski definition) is 1. The molecule has 0 unspecified atom stereocenters. The molecule has 0 bridgehead atoms. The van der Waals surface area contributed by atoms with Gasteiger partial charge >= 0.3 is 0 Å². The molecule has 0 aliphatic rings. The average molecular weight is 331 g/mol. The predicted octanol–water partition coefficient (Wildman–Crippen LogP) is 3.73. The fraction of sp³-hybridized carbons (Fsp3) is 0.316. The highest BCUT2D eigenvalue weighted by Gasteiger charge is 2.07. The van der Waals surface area contributed by atoms with E-state index in [1.165, 1.54) is 12.1 Å². The van der Waals surface area contributed by atoms with Crippen molar-refractivity contribution in [3.05, 3.63) is 59.4 Å². The SMILES string of the molecule is COc1cc(C(=O)NCCCCOc2ccc(F)cc2)ccc1C. The third-order valence-corrected chi connectivity index (χ3v) is 3.61. The zero-order chi connectivity index (χ0) is 17.4. The van der Waals surface area contributed by atoms with Gasteiger partial charge in [-0.25, -0.2) is 4.39 Å². The van der Waals surface area contributed by atoms with Crippen LogP contribution < -0.4 is 14.8 Å². The highest BCUT2D eigenvalue weighted by atomic mass is 19.1. The highest BCUT2D eigenvalue weighted by Crippen LogP contribution is 2.18. The third kappa shape index (κ3) is 5.26. The van der Waals surface area contributed by atoms with Crippen molar-refractivity contribution < 1.29 is 18.7 Å². The number of carbonyl (C=O) groups excluding carboxylic acids is 1. The van der Waals surface area contributed by atoms with E-state index in [0.717, 1.165) is 18.4 Å². The molecule has 2 aromatic rings. The molecule has 2 aromatic carbocycles. The minimum Gasteiger partial charge on any atom is -0.496 e. The second-order valence-electron chi connectivity index (χ2n) is 5.45. The van der Waals surface area contributed by atoms with Gasteiger partial charge in [0.25, 0.3) is 5.91 Å². The quantitative estimate of drug-likeness (QED) is 0.750. The maximum Gasteiger partial charge on any atom is 0.251 e. The molecule has 0 radical (unpaired) electrons. The molecule has 4 nitrogen and oxygen atoms in total. The van der Waals surface area contributed by atoms with Gasteiger partial charge in [-0.05, 0) is 61.7 Å². The standard InChI is InChI=1S/C19H22FNO3/c1-14-5-6-15(13-18(14)23-2)19(22)21-11-3-4-12-24-17-9-7-16(20)8-10-17/h5-10,13H,3-4,11-12H2,1-2H3,(H,21,22). The molecule has 0 saturated heterocycles. The second-order valence-corrected chi connectivity index (χ2v) is 5.45. The molecule has 0 heterocycles. The Hall–Kier alpha value is -2.56. The van der Waals surface area contributed by atoms with E-state index in [1.54, 1.807) is 31.4 Å². The molecule has 1 amide bonds. The van der Waals surface area contributed by atoms with Crippen molar-refractivity contribution in [2.75, 3.05) is 20.3 Å². The van der Waals surface area contributed by atoms with Crippen molar-refractivity contribution >= 4 is 5.91 Å². The number of ether oxygens (including phenoxy) is 2. The Morgan fingerprint density at radius 2 is 1.88 bits per heavy atom. The van der Waals surface area contributed by atoms with Gasteiger partial charge in [0, 0.05) is 12.1 Å². The summed E-state index contributed by atoms with van der Waals surface area (Å²) in [5.74, 6) is 0.952. The van der Waals surface area contributed by atoms with Crippen LogP contribution in [0.1, 0.15) is 28.8 Å². The van der Waals surface area contributed by atoms with E-state index in [2.05, 4.69) is 5.32 Å². The van der Waals surface area contributed by atoms with Gasteiger partial charge in [-0.2, -0.15) is 0 Å². The van der Waals surface area contributed by atoms with Crippen LogP contribution in [0.25, 0.3) is 0 Å². The van der Waals surface area contributed by atoms with Crippen LogP contribution >= 0.6 is 0 Å². The summed E-state index contributed by atoms with van der Waals surface area (Å²) in [7, 11) is 1.59. The summed E-state index contributed by atoms with van der Waals surface area (Å²) < 4.78 is 23.5. The van der Waals surface area contributed by atoms with Crippen LogP contribution in [0.4, 0.5) is 4.39 Å². The van der Waals surface area contributed by atoms with Crippen LogP contribution in [-0.4, -0.2) is 26.2 Å². The molecule has 128 valence electrons. The molecule has 0 aliphatic heterocycles. The molecular formula is C19H22FNO3. The minimum atomic E-state index is -0.280. The second kappa shape index (κ2) is 8.91. The van der Waals surface area contributed by atoms with Gasteiger partial charge in [0.1, 0.15) is 17.3 Å². The van der Waals surface area contributed by atoms with Gasteiger partial charge in [0.05, 0.1) is 13.7 Å². The fourth-order valence-electron chi connectivity index (χ4n) is 2.21. The van der Waals surface area contributed by atoms with Crippen LogP contribution in [0.3, 0.4) is 0 Å². The minimum absolute atomic E-state index is 0.118. The van der Waals surface area contributed by atoms with Gasteiger partial charge in [0.2, 0.25) is 0 Å². The number of amides is 1. The average Bonchev–Trinajstić information content (AvgIpc) is 2.59. The Balaban J connectivity index is 1.66. The number of methoxy groups -OCH3 is 1. The lowest BCUT2D eigenvalue weighted by atomic mass is 10.1. The lowest BCUT2D eigenvalue weighted by Gasteiger charge is -2.09. The molecule has 1 N–H and O–H groups in total. The molecule has 2 rings (SSSR count). The summed E-state index contributed by atoms with van der Waals surface area (Å²) in [6, 6.07) is 11.3. The number of benzene rings is 2. The first-order valence-corrected chi connectivity index (χ1v) is 7.91. The normalized spacial score (nSPS) is 10.3. The van der Waals surface area contributed by atoms with Crippen LogP contribution in [0, 0.1) is 12.7 Å². The highest BCUT2D eigenvalue weighted by molar-refractivity contribution is 5.94. The molecule has 24 heavy (non-hydrogen) atoms. The molecule has 0 atom stereocenters. The van der Waals surface area contributed by atoms with Crippen LogP contribution in [0.15, 0.2) is 42.5 Å². The summed E-state index contributed by atoms with van der Waals surface area (Å²) in [6.45, 7) is 3.03. The van der Waals surface area contributed by atoms with E-state index in [-0.39, 0.29) is 11.7 Å². The number of aryl methyl sites for hydroxylation is 1. The van der Waals surface area contributed by atoms with E-state index in [9.17, 15) is 9.18 Å². The number of unbranched alkanes of at least 4 members (excludes halogenated alkanes) is 1. The summed E-state index contributed by atoms with van der Waals surface area (Å²) in [5.41, 5.74) is 1.58. The van der Waals surface area contributed by atoms with Gasteiger partial charge in [-0.1, -0.05) is 6.07 Å². The molecule has 0 aliphatic carbocycles. The van der Waals surface area contributed by atoms with Gasteiger partial charge < -0.3 is 14.8 Å². The molecule has 0 saturated carbocycles. The number of rotatable bonds is 8. The van der Waals surface area contributed by atoms with E-state index in [1.807, 2.05) is 13.0 Å². The first kappa shape index (κ1) is 17.8. The molecule has 5 heteroatoms. The first-order chi connectivity index (χ1) is 11.6. The monoisotopic (exact) mass is 331 g/mol. The molecular weight excluding hydrogens is 309 g/mol. The van der Waals surface area contributed by atoms with Crippen LogP contribution in [0.5, 0.6) is 11.5 Å². The van der Waals surface area contributed by atoms with Crippen molar-refractivity contribution in [1.29, 1.82) is 0 Å². The fourth-order valence-corrected chi connectivity index (χ4v) is 2.21. The maximum absolute atomic E-state index is 12.8. The van der Waals surface area contributed by atoms with Gasteiger partial charge in [-0.15, -0.1) is 0 Å². The third-order valence-electron chi connectivity index (χ3n) is 3.61. The zero-order valence-corrected chi connectivity index (χ0v) is 14.0. The van der Waals surface area contributed by atoms with Gasteiger partial charge in [-0.3, -0.25) is 4.79 Å². The van der Waals surface area contributed by atoms with Crippen molar-refractivity contribution in [1.82, 2.24) is 5.32 Å². The topological polar surface area (TPSA) is 47.6 Å². The summed E-state index contributed by atoms with van der Waals surface area (Å²) >= 11 is 0. The van der Waals surface area contributed by atoms with E-state index < -0.39 is 0 Å². The van der Waals surface area contributed by atoms with Crippen molar-refractivity contribution in [2.24, 2.45) is 0 Å². The lowest BCUT2D eigenvalue weighted by molar-refractivity contribution is 0.0952. The van der Waals surface area contributed by atoms with Crippen molar-refractivity contribution in [3.63, 3.8) is 0 Å². The van der Waals surface area contributed by atoms with E-state index in [0.29, 0.717) is 30.2 Å². The Morgan fingerprint density at radius 3 is 2.58 bits per heavy atom. The largest absolute Gasteiger partial charge is 0.496 e. The first-order valence-electron chi connectivity index (χ1n) is 7.91. The lowest BCUT2D eigenvalue weighted by Crippen LogP contribution is -2.24. The maximum atomic E-state index is 12.8. The number of hydrogen-bond acceptors (Lipinski definition) is 3.